The lowest BCUT2D eigenvalue weighted by molar-refractivity contribution is 0.381. The molecule has 1 fully saturated rings. The molecule has 0 spiro atoms. The number of fused-ring (bicyclic) bond motifs is 1. The number of imidazole rings is 2. The summed E-state index contributed by atoms with van der Waals surface area (Å²) in [6.07, 6.45) is 2.71. The predicted molar refractivity (Wildman–Crippen MR) is 90.4 cm³/mol. The number of sulfonamides is 1. The third-order valence-corrected chi connectivity index (χ3v) is 6.08. The standard InChI is InChI=1S/C15H18N6O2S/c1-11-2-3-12-13(8-11)19-15(18-12)20-4-6-21(7-5-20)24(22,23)14-9-16-10-17-14/h2-3,8-10H,4-7H2,1H3,(H,16,17)(H,18,19). The van der Waals surface area contributed by atoms with E-state index in [-0.39, 0.29) is 5.03 Å². The fourth-order valence-electron chi connectivity index (χ4n) is 2.92. The van der Waals surface area contributed by atoms with Crippen molar-refractivity contribution in [2.45, 2.75) is 11.9 Å². The Kier molecular flexibility index (Phi) is 3.54. The second-order valence-corrected chi connectivity index (χ2v) is 7.79. The first-order chi connectivity index (χ1) is 11.5. The smallest absolute Gasteiger partial charge is 0.260 e. The molecule has 0 unspecified atom stereocenters. The molecule has 1 saturated heterocycles. The Balaban J connectivity index is 1.51. The first-order valence-corrected chi connectivity index (χ1v) is 9.18. The Morgan fingerprint density at radius 3 is 2.67 bits per heavy atom. The van der Waals surface area contributed by atoms with Crippen LogP contribution >= 0.6 is 0 Å². The van der Waals surface area contributed by atoms with Gasteiger partial charge in [-0.3, -0.25) is 0 Å². The van der Waals surface area contributed by atoms with Crippen LogP contribution in [0, 0.1) is 6.92 Å². The van der Waals surface area contributed by atoms with Crippen LogP contribution in [0.25, 0.3) is 11.0 Å². The Labute approximate surface area is 139 Å². The number of rotatable bonds is 3. The fourth-order valence-corrected chi connectivity index (χ4v) is 4.24. The third kappa shape index (κ3) is 2.55. The number of H-pyrrole nitrogens is 2. The largest absolute Gasteiger partial charge is 0.340 e. The molecule has 1 aliphatic rings. The van der Waals surface area contributed by atoms with Gasteiger partial charge in [0, 0.05) is 26.2 Å². The number of hydrogen-bond donors (Lipinski definition) is 2. The van der Waals surface area contributed by atoms with Crippen molar-refractivity contribution in [1.82, 2.24) is 24.2 Å². The number of nitrogens with zero attached hydrogens (tertiary/aromatic N) is 4. The molecule has 3 aromatic rings. The van der Waals surface area contributed by atoms with Gasteiger partial charge in [-0.15, -0.1) is 0 Å². The summed E-state index contributed by atoms with van der Waals surface area (Å²) >= 11 is 0. The second kappa shape index (κ2) is 5.60. The van der Waals surface area contributed by atoms with Crippen LogP contribution < -0.4 is 4.90 Å². The summed E-state index contributed by atoms with van der Waals surface area (Å²) in [6.45, 7) is 4.05. The van der Waals surface area contributed by atoms with Crippen molar-refractivity contribution in [2.75, 3.05) is 31.1 Å². The third-order valence-electron chi connectivity index (χ3n) is 4.25. The summed E-state index contributed by atoms with van der Waals surface area (Å²) in [5.41, 5.74) is 3.09. The highest BCUT2D eigenvalue weighted by atomic mass is 32.2. The average Bonchev–Trinajstić information content (AvgIpc) is 3.24. The zero-order valence-corrected chi connectivity index (χ0v) is 14.0. The molecule has 0 aliphatic carbocycles. The number of aryl methyl sites for hydroxylation is 1. The maximum absolute atomic E-state index is 12.5. The number of aromatic nitrogens is 4. The highest BCUT2D eigenvalue weighted by molar-refractivity contribution is 7.89. The molecule has 24 heavy (non-hydrogen) atoms. The molecule has 0 saturated carbocycles. The van der Waals surface area contributed by atoms with Crippen LogP contribution in [0.4, 0.5) is 5.95 Å². The molecular formula is C15H18N6O2S. The summed E-state index contributed by atoms with van der Waals surface area (Å²) in [6, 6.07) is 6.08. The van der Waals surface area contributed by atoms with E-state index < -0.39 is 10.0 Å². The monoisotopic (exact) mass is 346 g/mol. The topological polar surface area (TPSA) is 98.0 Å². The first kappa shape index (κ1) is 15.2. The number of hydrogen-bond acceptors (Lipinski definition) is 5. The maximum Gasteiger partial charge on any atom is 0.260 e. The zero-order chi connectivity index (χ0) is 16.7. The van der Waals surface area contributed by atoms with Gasteiger partial charge in [0.25, 0.3) is 10.0 Å². The molecule has 0 amide bonds. The highest BCUT2D eigenvalue weighted by Gasteiger charge is 2.30. The molecule has 3 heterocycles. The van der Waals surface area contributed by atoms with Crippen LogP contribution in [0.2, 0.25) is 0 Å². The predicted octanol–water partition coefficient (Wildman–Crippen LogP) is 1.11. The summed E-state index contributed by atoms with van der Waals surface area (Å²) in [5, 5.41) is 0.134. The highest BCUT2D eigenvalue weighted by Crippen LogP contribution is 2.21. The summed E-state index contributed by atoms with van der Waals surface area (Å²) in [4.78, 5) is 16.5. The fraction of sp³-hybridized carbons (Fsp3) is 0.333. The minimum atomic E-state index is -3.50. The first-order valence-electron chi connectivity index (χ1n) is 7.74. The van der Waals surface area contributed by atoms with E-state index in [9.17, 15) is 8.42 Å². The van der Waals surface area contributed by atoms with Gasteiger partial charge in [0.1, 0.15) is 0 Å². The minimum absolute atomic E-state index is 0.134. The molecule has 1 aliphatic heterocycles. The Hall–Kier alpha value is -2.39. The van der Waals surface area contributed by atoms with Crippen molar-refractivity contribution in [3.8, 4) is 0 Å². The molecule has 1 aromatic carbocycles. The second-order valence-electron chi connectivity index (χ2n) is 5.89. The summed E-state index contributed by atoms with van der Waals surface area (Å²) in [5.74, 6) is 0.786. The van der Waals surface area contributed by atoms with Crippen LogP contribution in [0.5, 0.6) is 0 Å². The van der Waals surface area contributed by atoms with E-state index >= 15 is 0 Å². The summed E-state index contributed by atoms with van der Waals surface area (Å²) in [7, 11) is -3.50. The number of anilines is 1. The number of nitrogens with one attached hydrogen (secondary N) is 2. The number of aromatic amines is 2. The van der Waals surface area contributed by atoms with Crippen LogP contribution in [0.3, 0.4) is 0 Å². The van der Waals surface area contributed by atoms with Crippen molar-refractivity contribution < 1.29 is 8.42 Å². The Bertz CT molecular complexity index is 955. The van der Waals surface area contributed by atoms with Gasteiger partial charge in [-0.2, -0.15) is 4.31 Å². The lowest BCUT2D eigenvalue weighted by Gasteiger charge is -2.33. The lowest BCUT2D eigenvalue weighted by Crippen LogP contribution is -2.49. The summed E-state index contributed by atoms with van der Waals surface area (Å²) < 4.78 is 26.4. The van der Waals surface area contributed by atoms with E-state index in [1.54, 1.807) is 0 Å². The SMILES string of the molecule is Cc1ccc2nc(N3CCN(S(=O)(=O)c4cnc[nH]4)CC3)[nH]c2c1. The normalized spacial score (nSPS) is 16.8. The molecule has 126 valence electrons. The average molecular weight is 346 g/mol. The van der Waals surface area contributed by atoms with E-state index in [1.807, 2.05) is 19.1 Å². The zero-order valence-electron chi connectivity index (χ0n) is 13.2. The maximum atomic E-state index is 12.5. The minimum Gasteiger partial charge on any atom is -0.340 e. The van der Waals surface area contributed by atoms with E-state index in [2.05, 4.69) is 30.9 Å². The van der Waals surface area contributed by atoms with Gasteiger partial charge in [0.2, 0.25) is 5.95 Å². The van der Waals surface area contributed by atoms with Crippen molar-refractivity contribution >= 4 is 27.0 Å². The quantitative estimate of drug-likeness (QED) is 0.740. The number of benzene rings is 1. The van der Waals surface area contributed by atoms with Crippen LogP contribution in [-0.2, 0) is 10.0 Å². The van der Waals surface area contributed by atoms with E-state index in [1.165, 1.54) is 22.4 Å². The van der Waals surface area contributed by atoms with Gasteiger partial charge in [0.15, 0.2) is 5.03 Å². The lowest BCUT2D eigenvalue weighted by atomic mass is 10.2. The van der Waals surface area contributed by atoms with Crippen LogP contribution in [-0.4, -0.2) is 58.8 Å². The van der Waals surface area contributed by atoms with E-state index in [4.69, 9.17) is 0 Å². The molecule has 9 heteroatoms. The van der Waals surface area contributed by atoms with Gasteiger partial charge >= 0.3 is 0 Å². The molecule has 0 atom stereocenters. The van der Waals surface area contributed by atoms with Crippen LogP contribution in [0.1, 0.15) is 5.56 Å². The van der Waals surface area contributed by atoms with Gasteiger partial charge in [0.05, 0.1) is 23.6 Å². The molecule has 0 bridgehead atoms. The van der Waals surface area contributed by atoms with Crippen molar-refractivity contribution in [3.63, 3.8) is 0 Å². The molecule has 2 N–H and O–H groups in total. The Morgan fingerprint density at radius 1 is 1.17 bits per heavy atom. The Morgan fingerprint density at radius 2 is 1.96 bits per heavy atom. The molecular weight excluding hydrogens is 328 g/mol. The molecule has 0 radical (unpaired) electrons. The van der Waals surface area contributed by atoms with Crippen molar-refractivity contribution in [2.24, 2.45) is 0 Å². The number of piperazine rings is 1. The molecule has 4 rings (SSSR count). The molecule has 2 aromatic heterocycles. The van der Waals surface area contributed by atoms with E-state index in [0.717, 1.165) is 17.0 Å². The van der Waals surface area contributed by atoms with Gasteiger partial charge in [-0.1, -0.05) is 6.07 Å². The van der Waals surface area contributed by atoms with Crippen molar-refractivity contribution in [1.29, 1.82) is 0 Å². The van der Waals surface area contributed by atoms with Gasteiger partial charge in [-0.05, 0) is 24.6 Å². The van der Waals surface area contributed by atoms with Crippen molar-refractivity contribution in [3.05, 3.63) is 36.3 Å². The van der Waals surface area contributed by atoms with E-state index in [0.29, 0.717) is 26.2 Å². The van der Waals surface area contributed by atoms with Crippen LogP contribution in [0.15, 0.2) is 35.7 Å². The van der Waals surface area contributed by atoms with Gasteiger partial charge in [-0.25, -0.2) is 18.4 Å². The van der Waals surface area contributed by atoms with Gasteiger partial charge < -0.3 is 14.9 Å². The molecule has 8 nitrogen and oxygen atoms in total.